The number of halogens is 1. The summed E-state index contributed by atoms with van der Waals surface area (Å²) in [4.78, 5) is 0. The highest BCUT2D eigenvalue weighted by Gasteiger charge is 2.31. The third-order valence-electron chi connectivity index (χ3n) is 2.38. The molecule has 0 N–H and O–H groups in total. The first kappa shape index (κ1) is 12.8. The first-order valence-electron chi connectivity index (χ1n) is 5.27. The van der Waals surface area contributed by atoms with E-state index in [1.807, 2.05) is 0 Å². The van der Waals surface area contributed by atoms with E-state index in [1.54, 1.807) is 0 Å². The number of unbranched alkanes of at least 4 members (excludes halogenated alkanes) is 1. The van der Waals surface area contributed by atoms with Crippen molar-refractivity contribution in [3.63, 3.8) is 0 Å². The predicted octanol–water partition coefficient (Wildman–Crippen LogP) is 3.22. The zero-order valence-electron chi connectivity index (χ0n) is 8.93. The van der Waals surface area contributed by atoms with Crippen LogP contribution in [0.25, 0.3) is 0 Å². The Labute approximate surface area is 100 Å². The Bertz CT molecular complexity index is 249. The van der Waals surface area contributed by atoms with Gasteiger partial charge >= 0.3 is 0 Å². The van der Waals surface area contributed by atoms with Crippen molar-refractivity contribution in [1.82, 2.24) is 0 Å². The number of allylic oxidation sites excluding steroid dienone is 1. The maximum absolute atomic E-state index is 5.53. The lowest BCUT2D eigenvalue weighted by Gasteiger charge is -2.32. The Morgan fingerprint density at radius 2 is 2.07 bits per heavy atom. The van der Waals surface area contributed by atoms with E-state index in [2.05, 4.69) is 28.4 Å². The van der Waals surface area contributed by atoms with E-state index < -0.39 is 5.79 Å². The fourth-order valence-corrected chi connectivity index (χ4v) is 1.83. The molecule has 3 heteroatoms. The summed E-state index contributed by atoms with van der Waals surface area (Å²) < 4.78 is 12.1. The van der Waals surface area contributed by atoms with Gasteiger partial charge in [-0.2, -0.15) is 0 Å². The number of terminal acetylenes is 1. The Morgan fingerprint density at radius 3 is 2.60 bits per heavy atom. The minimum Gasteiger partial charge on any atom is -0.340 e. The van der Waals surface area contributed by atoms with Crippen LogP contribution in [-0.4, -0.2) is 19.0 Å². The Kier molecular flexibility index (Phi) is 5.38. The van der Waals surface area contributed by atoms with Crippen LogP contribution in [0.3, 0.4) is 0 Å². The fourth-order valence-electron chi connectivity index (χ4n) is 1.55. The highest BCUT2D eigenvalue weighted by Crippen LogP contribution is 2.25. The van der Waals surface area contributed by atoms with Crippen molar-refractivity contribution in [2.24, 2.45) is 0 Å². The molecule has 15 heavy (non-hydrogen) atoms. The van der Waals surface area contributed by atoms with Crippen LogP contribution in [0.1, 0.15) is 32.1 Å². The molecule has 1 aliphatic heterocycles. The standard InChI is InChI=1S/C12H17BrO2/c1-3-12(14-9-6-10-15-12)8-5-4-7-11(2)13/h1H,2,4-10H2. The van der Waals surface area contributed by atoms with Gasteiger partial charge in [-0.3, -0.25) is 0 Å². The number of hydrogen-bond acceptors (Lipinski definition) is 2. The van der Waals surface area contributed by atoms with Crippen LogP contribution in [0.5, 0.6) is 0 Å². The third kappa shape index (κ3) is 4.38. The average Bonchev–Trinajstić information content (AvgIpc) is 2.26. The summed E-state index contributed by atoms with van der Waals surface area (Å²) in [5.74, 6) is 1.87. The van der Waals surface area contributed by atoms with E-state index in [1.165, 1.54) is 0 Å². The SMILES string of the molecule is C#CC1(CCCCC(=C)Br)OCCCO1. The van der Waals surface area contributed by atoms with Gasteiger partial charge in [-0.1, -0.05) is 22.5 Å². The Balaban J connectivity index is 2.27. The highest BCUT2D eigenvalue weighted by atomic mass is 79.9. The van der Waals surface area contributed by atoms with Crippen LogP contribution in [0.4, 0.5) is 0 Å². The van der Waals surface area contributed by atoms with Gasteiger partial charge in [-0.25, -0.2) is 0 Å². The van der Waals surface area contributed by atoms with Gasteiger partial charge in [0.15, 0.2) is 0 Å². The van der Waals surface area contributed by atoms with E-state index >= 15 is 0 Å². The fraction of sp³-hybridized carbons (Fsp3) is 0.667. The molecule has 1 aliphatic rings. The molecular formula is C12H17BrO2. The van der Waals surface area contributed by atoms with Crippen molar-refractivity contribution in [3.05, 3.63) is 11.1 Å². The largest absolute Gasteiger partial charge is 0.340 e. The molecule has 1 fully saturated rings. The molecule has 1 rings (SSSR count). The molecule has 0 unspecified atom stereocenters. The molecule has 0 amide bonds. The molecule has 0 aromatic rings. The molecule has 0 aromatic carbocycles. The monoisotopic (exact) mass is 272 g/mol. The van der Waals surface area contributed by atoms with Crippen LogP contribution in [0, 0.1) is 12.3 Å². The minimum absolute atomic E-state index is 0.704. The van der Waals surface area contributed by atoms with Gasteiger partial charge in [0, 0.05) is 6.42 Å². The first-order valence-corrected chi connectivity index (χ1v) is 6.07. The lowest BCUT2D eigenvalue weighted by Crippen LogP contribution is -2.39. The second-order valence-corrected chi connectivity index (χ2v) is 4.79. The van der Waals surface area contributed by atoms with Gasteiger partial charge in [0.05, 0.1) is 13.2 Å². The molecule has 0 aromatic heterocycles. The Hall–Kier alpha value is -0.300. The predicted molar refractivity (Wildman–Crippen MR) is 64.6 cm³/mol. The van der Waals surface area contributed by atoms with E-state index in [4.69, 9.17) is 15.9 Å². The van der Waals surface area contributed by atoms with Crippen molar-refractivity contribution in [3.8, 4) is 12.3 Å². The molecule has 0 bridgehead atoms. The van der Waals surface area contributed by atoms with E-state index in [0.717, 1.165) is 36.6 Å². The van der Waals surface area contributed by atoms with Crippen molar-refractivity contribution in [2.45, 2.75) is 37.9 Å². The van der Waals surface area contributed by atoms with Crippen molar-refractivity contribution < 1.29 is 9.47 Å². The quantitative estimate of drug-likeness (QED) is 0.565. The lowest BCUT2D eigenvalue weighted by molar-refractivity contribution is -0.233. The number of ether oxygens (including phenoxy) is 2. The number of hydrogen-bond donors (Lipinski definition) is 0. The van der Waals surface area contributed by atoms with Gasteiger partial charge < -0.3 is 9.47 Å². The second kappa shape index (κ2) is 6.32. The zero-order chi connectivity index (χ0) is 11.1. The molecule has 0 saturated carbocycles. The summed E-state index contributed by atoms with van der Waals surface area (Å²) in [6.07, 6.45) is 10.2. The molecule has 0 radical (unpaired) electrons. The average molecular weight is 273 g/mol. The van der Waals surface area contributed by atoms with Crippen LogP contribution in [0.2, 0.25) is 0 Å². The topological polar surface area (TPSA) is 18.5 Å². The van der Waals surface area contributed by atoms with Gasteiger partial charge in [-0.05, 0) is 36.1 Å². The summed E-state index contributed by atoms with van der Waals surface area (Å²) in [5.41, 5.74) is 0. The maximum Gasteiger partial charge on any atom is 0.233 e. The molecule has 0 aliphatic carbocycles. The first-order chi connectivity index (χ1) is 7.18. The second-order valence-electron chi connectivity index (χ2n) is 3.67. The number of rotatable bonds is 5. The van der Waals surface area contributed by atoms with Crippen LogP contribution in [0.15, 0.2) is 11.1 Å². The highest BCUT2D eigenvalue weighted by molar-refractivity contribution is 9.11. The molecule has 1 saturated heterocycles. The van der Waals surface area contributed by atoms with Gasteiger partial charge in [0.25, 0.3) is 0 Å². The molecule has 0 atom stereocenters. The van der Waals surface area contributed by atoms with Crippen molar-refractivity contribution in [2.75, 3.05) is 13.2 Å². The molecule has 84 valence electrons. The third-order valence-corrected chi connectivity index (χ3v) is 2.78. The van der Waals surface area contributed by atoms with E-state index in [0.29, 0.717) is 13.2 Å². The van der Waals surface area contributed by atoms with Gasteiger partial charge in [0.2, 0.25) is 5.79 Å². The van der Waals surface area contributed by atoms with Crippen LogP contribution in [-0.2, 0) is 9.47 Å². The van der Waals surface area contributed by atoms with Crippen molar-refractivity contribution in [1.29, 1.82) is 0 Å². The minimum atomic E-state index is -0.758. The molecular weight excluding hydrogens is 256 g/mol. The Morgan fingerprint density at radius 1 is 1.40 bits per heavy atom. The van der Waals surface area contributed by atoms with Gasteiger partial charge in [0.1, 0.15) is 0 Å². The van der Waals surface area contributed by atoms with E-state index in [9.17, 15) is 0 Å². The summed E-state index contributed by atoms with van der Waals surface area (Å²) in [6.45, 7) is 5.20. The normalized spacial score (nSPS) is 19.5. The molecule has 2 nitrogen and oxygen atoms in total. The van der Waals surface area contributed by atoms with Crippen molar-refractivity contribution >= 4 is 15.9 Å². The summed E-state index contributed by atoms with van der Waals surface area (Å²) in [7, 11) is 0. The smallest absolute Gasteiger partial charge is 0.233 e. The summed E-state index contributed by atoms with van der Waals surface area (Å²) in [6, 6.07) is 0. The summed E-state index contributed by atoms with van der Waals surface area (Å²) in [5, 5.41) is 0. The van der Waals surface area contributed by atoms with Crippen LogP contribution < -0.4 is 0 Å². The van der Waals surface area contributed by atoms with Crippen LogP contribution >= 0.6 is 15.9 Å². The maximum atomic E-state index is 5.53. The molecule has 1 heterocycles. The van der Waals surface area contributed by atoms with Gasteiger partial charge in [-0.15, -0.1) is 6.42 Å². The lowest BCUT2D eigenvalue weighted by atomic mass is 10.1. The summed E-state index contributed by atoms with van der Waals surface area (Å²) >= 11 is 3.33. The molecule has 0 spiro atoms. The zero-order valence-corrected chi connectivity index (χ0v) is 10.5. The van der Waals surface area contributed by atoms with E-state index in [-0.39, 0.29) is 0 Å².